The van der Waals surface area contributed by atoms with E-state index in [-0.39, 0.29) is 31.1 Å². The number of carbonyl (C=O) groups excluding carboxylic acids is 3. The molecule has 0 radical (unpaired) electrons. The molecule has 0 spiro atoms. The van der Waals surface area contributed by atoms with E-state index in [0.717, 1.165) is 77.0 Å². The maximum absolute atomic E-state index is 12.8. The zero-order valence-electron chi connectivity index (χ0n) is 40.7. The van der Waals surface area contributed by atoms with E-state index in [0.29, 0.717) is 19.3 Å². The molecule has 1 unspecified atom stereocenters. The van der Waals surface area contributed by atoms with Crippen molar-refractivity contribution in [1.82, 2.24) is 0 Å². The van der Waals surface area contributed by atoms with Crippen molar-refractivity contribution in [2.24, 2.45) is 0 Å². The zero-order valence-corrected chi connectivity index (χ0v) is 40.7. The molecule has 0 bridgehead atoms. The lowest BCUT2D eigenvalue weighted by Crippen LogP contribution is -2.30. The van der Waals surface area contributed by atoms with Crippen LogP contribution in [-0.4, -0.2) is 37.2 Å². The molecule has 6 heteroatoms. The minimum atomic E-state index is -0.771. The number of allylic oxidation sites excluding steroid dienone is 6. The van der Waals surface area contributed by atoms with Crippen LogP contribution in [0.15, 0.2) is 36.5 Å². The molecule has 0 saturated heterocycles. The lowest BCUT2D eigenvalue weighted by molar-refractivity contribution is -0.167. The quantitative estimate of drug-likeness (QED) is 0.0262. The molecule has 0 fully saturated rings. The molecule has 0 aromatic carbocycles. The molecule has 0 saturated carbocycles. The Kier molecular flexibility index (Phi) is 48.3. The van der Waals surface area contributed by atoms with Crippen LogP contribution in [0.1, 0.15) is 278 Å². The Labute approximate surface area is 378 Å². The minimum absolute atomic E-state index is 0.0722. The van der Waals surface area contributed by atoms with Gasteiger partial charge in [-0.2, -0.15) is 0 Å². The predicted octanol–water partition coefficient (Wildman–Crippen LogP) is 17.3. The van der Waals surface area contributed by atoms with Gasteiger partial charge in [-0.15, -0.1) is 0 Å². The van der Waals surface area contributed by atoms with Crippen LogP contribution in [0.4, 0.5) is 0 Å². The van der Waals surface area contributed by atoms with Gasteiger partial charge in [0.05, 0.1) is 0 Å². The van der Waals surface area contributed by atoms with Crippen molar-refractivity contribution in [1.29, 1.82) is 0 Å². The largest absolute Gasteiger partial charge is 0.462 e. The standard InChI is InChI=1S/C55H100O6/c1-4-7-10-13-16-19-22-24-25-26-27-28-29-31-33-36-39-42-45-48-54(57)60-51-52(50-59-53(56)47-44-41-38-35-32-21-18-15-12-9-6-3)61-55(58)49-46-43-40-37-34-30-23-20-17-14-11-8-5-2/h16,19,24-25,27-28,52H,4-15,17-18,20-23,26,29-51H2,1-3H3/b19-16-,25-24-,28-27-. The summed E-state index contributed by atoms with van der Waals surface area (Å²) in [4.78, 5) is 37.9. The van der Waals surface area contributed by atoms with Crippen molar-refractivity contribution in [2.75, 3.05) is 13.2 Å². The molecule has 0 N–H and O–H groups in total. The number of esters is 3. The Morgan fingerprint density at radius 1 is 0.328 bits per heavy atom. The molecule has 0 aromatic heterocycles. The molecule has 0 rings (SSSR count). The number of unbranched alkanes of at least 4 members (excludes halogenated alkanes) is 31. The lowest BCUT2D eigenvalue weighted by Gasteiger charge is -2.18. The SMILES string of the molecule is CCCCC/C=C\C/C=C\C/C=C\CCCCCCCCC(=O)OCC(COC(=O)CCCCCCCCCCCCC)OC(=O)CCCCCCCCCCCCCCC. The van der Waals surface area contributed by atoms with Crippen LogP contribution < -0.4 is 0 Å². The van der Waals surface area contributed by atoms with Crippen LogP contribution in [0.25, 0.3) is 0 Å². The number of rotatable bonds is 48. The first-order valence-corrected chi connectivity index (χ1v) is 26.5. The summed E-state index contributed by atoms with van der Waals surface area (Å²) in [5.74, 6) is -0.874. The van der Waals surface area contributed by atoms with E-state index in [4.69, 9.17) is 14.2 Å². The van der Waals surface area contributed by atoms with Gasteiger partial charge >= 0.3 is 17.9 Å². The maximum atomic E-state index is 12.8. The first kappa shape index (κ1) is 58.6. The van der Waals surface area contributed by atoms with Crippen molar-refractivity contribution in [3.8, 4) is 0 Å². The van der Waals surface area contributed by atoms with E-state index < -0.39 is 6.10 Å². The first-order chi connectivity index (χ1) is 30.0. The summed E-state index contributed by atoms with van der Waals surface area (Å²) in [5, 5.41) is 0. The van der Waals surface area contributed by atoms with Crippen molar-refractivity contribution in [3.05, 3.63) is 36.5 Å². The monoisotopic (exact) mass is 857 g/mol. The van der Waals surface area contributed by atoms with E-state index in [1.807, 2.05) is 0 Å². The summed E-state index contributed by atoms with van der Waals surface area (Å²) in [6.45, 7) is 6.61. The van der Waals surface area contributed by atoms with Crippen molar-refractivity contribution in [2.45, 2.75) is 284 Å². The fraction of sp³-hybridized carbons (Fsp3) is 0.836. The Bertz CT molecular complexity index is 1030. The smallest absolute Gasteiger partial charge is 0.306 e. The third-order valence-corrected chi connectivity index (χ3v) is 11.6. The predicted molar refractivity (Wildman–Crippen MR) is 261 cm³/mol. The Morgan fingerprint density at radius 2 is 0.590 bits per heavy atom. The number of ether oxygens (including phenoxy) is 3. The van der Waals surface area contributed by atoms with Crippen LogP contribution in [0.2, 0.25) is 0 Å². The highest BCUT2D eigenvalue weighted by Crippen LogP contribution is 2.16. The minimum Gasteiger partial charge on any atom is -0.462 e. The van der Waals surface area contributed by atoms with Crippen LogP contribution >= 0.6 is 0 Å². The summed E-state index contributed by atoms with van der Waals surface area (Å²) >= 11 is 0. The molecule has 0 heterocycles. The highest BCUT2D eigenvalue weighted by Gasteiger charge is 2.19. The van der Waals surface area contributed by atoms with Crippen LogP contribution in [-0.2, 0) is 28.6 Å². The zero-order chi connectivity index (χ0) is 44.4. The summed E-state index contributed by atoms with van der Waals surface area (Å²) in [5.41, 5.74) is 0. The van der Waals surface area contributed by atoms with Crippen molar-refractivity contribution < 1.29 is 28.6 Å². The lowest BCUT2D eigenvalue weighted by atomic mass is 10.0. The maximum Gasteiger partial charge on any atom is 0.306 e. The average Bonchev–Trinajstić information content (AvgIpc) is 3.26. The van der Waals surface area contributed by atoms with Crippen LogP contribution in [0.5, 0.6) is 0 Å². The molecule has 0 amide bonds. The van der Waals surface area contributed by atoms with Gasteiger partial charge < -0.3 is 14.2 Å². The van der Waals surface area contributed by atoms with Gasteiger partial charge in [0, 0.05) is 19.3 Å². The molecule has 356 valence electrons. The van der Waals surface area contributed by atoms with E-state index in [9.17, 15) is 14.4 Å². The number of hydrogen-bond donors (Lipinski definition) is 0. The van der Waals surface area contributed by atoms with Gasteiger partial charge in [-0.1, -0.05) is 237 Å². The summed E-state index contributed by atoms with van der Waals surface area (Å²) in [7, 11) is 0. The highest BCUT2D eigenvalue weighted by atomic mass is 16.6. The third kappa shape index (κ3) is 48.5. The molecular formula is C55H100O6. The van der Waals surface area contributed by atoms with Gasteiger partial charge in [0.1, 0.15) is 13.2 Å². The van der Waals surface area contributed by atoms with Crippen LogP contribution in [0, 0.1) is 0 Å². The molecule has 0 aliphatic heterocycles. The summed E-state index contributed by atoms with van der Waals surface area (Å²) < 4.78 is 16.8. The van der Waals surface area contributed by atoms with Gasteiger partial charge in [0.2, 0.25) is 0 Å². The van der Waals surface area contributed by atoms with Crippen LogP contribution in [0.3, 0.4) is 0 Å². The second-order valence-electron chi connectivity index (χ2n) is 17.8. The first-order valence-electron chi connectivity index (χ1n) is 26.5. The molecule has 0 aromatic rings. The van der Waals surface area contributed by atoms with Gasteiger partial charge in [0.25, 0.3) is 0 Å². The summed E-state index contributed by atoms with van der Waals surface area (Å²) in [6.07, 6.45) is 58.4. The van der Waals surface area contributed by atoms with Gasteiger partial charge in [-0.25, -0.2) is 0 Å². The molecule has 6 nitrogen and oxygen atoms in total. The van der Waals surface area contributed by atoms with Crippen molar-refractivity contribution >= 4 is 17.9 Å². The Morgan fingerprint density at radius 3 is 0.951 bits per heavy atom. The topological polar surface area (TPSA) is 78.9 Å². The fourth-order valence-corrected chi connectivity index (χ4v) is 7.63. The fourth-order valence-electron chi connectivity index (χ4n) is 7.63. The highest BCUT2D eigenvalue weighted by molar-refractivity contribution is 5.71. The average molecular weight is 857 g/mol. The van der Waals surface area contributed by atoms with Gasteiger partial charge in [0.15, 0.2) is 6.10 Å². The number of hydrogen-bond acceptors (Lipinski definition) is 6. The molecule has 1 atom stereocenters. The Balaban J connectivity index is 4.33. The third-order valence-electron chi connectivity index (χ3n) is 11.6. The second kappa shape index (κ2) is 50.3. The van der Waals surface area contributed by atoms with Gasteiger partial charge in [-0.3, -0.25) is 14.4 Å². The Hall–Kier alpha value is -2.37. The normalized spacial score (nSPS) is 12.2. The van der Waals surface area contributed by atoms with E-state index in [2.05, 4.69) is 57.2 Å². The molecule has 0 aliphatic rings. The second-order valence-corrected chi connectivity index (χ2v) is 17.8. The molecular weight excluding hydrogens is 757 g/mol. The van der Waals surface area contributed by atoms with E-state index in [1.165, 1.54) is 161 Å². The van der Waals surface area contributed by atoms with E-state index >= 15 is 0 Å². The number of carbonyl (C=O) groups is 3. The molecule has 61 heavy (non-hydrogen) atoms. The van der Waals surface area contributed by atoms with Crippen molar-refractivity contribution in [3.63, 3.8) is 0 Å². The van der Waals surface area contributed by atoms with Gasteiger partial charge in [-0.05, 0) is 57.8 Å². The molecule has 0 aliphatic carbocycles. The van der Waals surface area contributed by atoms with E-state index in [1.54, 1.807) is 0 Å². The summed E-state index contributed by atoms with van der Waals surface area (Å²) in [6, 6.07) is 0.